The molecule has 0 aliphatic heterocycles. The van der Waals surface area contributed by atoms with Gasteiger partial charge in [0.25, 0.3) is 0 Å². The molecule has 3 heteroatoms. The second kappa shape index (κ2) is 6.71. The summed E-state index contributed by atoms with van der Waals surface area (Å²) in [5.74, 6) is -1.56. The van der Waals surface area contributed by atoms with Crippen molar-refractivity contribution in [3.63, 3.8) is 0 Å². The van der Waals surface area contributed by atoms with E-state index in [1.807, 2.05) is 31.2 Å². The molecule has 0 radical (unpaired) electrons. The van der Waals surface area contributed by atoms with Crippen LogP contribution in [0.1, 0.15) is 57.1 Å². The molecule has 2 N–H and O–H groups in total. The average Bonchev–Trinajstić information content (AvgIpc) is 2.39. The first-order valence-electron chi connectivity index (χ1n) is 7.00. The molecule has 0 aliphatic rings. The first-order chi connectivity index (χ1) is 8.95. The highest BCUT2D eigenvalue weighted by Gasteiger charge is 2.41. The van der Waals surface area contributed by atoms with Crippen molar-refractivity contribution in [2.45, 2.75) is 58.0 Å². The Kier molecular flexibility index (Phi) is 5.55. The Labute approximate surface area is 115 Å². The molecule has 0 bridgehead atoms. The zero-order valence-corrected chi connectivity index (χ0v) is 12.0. The number of carbonyl (C=O) groups is 1. The SMILES string of the molecule is CCCc1ccc(C(C)C(O)(CCC)C(=O)O)cc1. The fraction of sp³-hybridized carbons (Fsp3) is 0.562. The van der Waals surface area contributed by atoms with Crippen LogP contribution < -0.4 is 0 Å². The zero-order chi connectivity index (χ0) is 14.5. The van der Waals surface area contributed by atoms with Crippen LogP contribution in [0, 0.1) is 0 Å². The molecule has 0 heterocycles. The zero-order valence-electron chi connectivity index (χ0n) is 12.0. The van der Waals surface area contributed by atoms with Gasteiger partial charge in [0.15, 0.2) is 5.60 Å². The lowest BCUT2D eigenvalue weighted by molar-refractivity contribution is -0.161. The molecular weight excluding hydrogens is 240 g/mol. The molecule has 0 saturated heterocycles. The van der Waals surface area contributed by atoms with Gasteiger partial charge in [-0.25, -0.2) is 4.79 Å². The first-order valence-corrected chi connectivity index (χ1v) is 7.00. The third-order valence-electron chi connectivity index (χ3n) is 3.74. The summed E-state index contributed by atoms with van der Waals surface area (Å²) in [4.78, 5) is 11.3. The Morgan fingerprint density at radius 1 is 1.21 bits per heavy atom. The van der Waals surface area contributed by atoms with Crippen LogP contribution in [0.3, 0.4) is 0 Å². The quantitative estimate of drug-likeness (QED) is 0.794. The van der Waals surface area contributed by atoms with Gasteiger partial charge in [-0.3, -0.25) is 0 Å². The van der Waals surface area contributed by atoms with E-state index in [-0.39, 0.29) is 6.42 Å². The predicted molar refractivity (Wildman–Crippen MR) is 76.3 cm³/mol. The highest BCUT2D eigenvalue weighted by molar-refractivity contribution is 5.78. The molecule has 1 rings (SSSR count). The predicted octanol–water partition coefficient (Wildman–Crippen LogP) is 3.36. The Balaban J connectivity index is 2.96. The van der Waals surface area contributed by atoms with Crippen molar-refractivity contribution in [2.75, 3.05) is 0 Å². The molecule has 0 fully saturated rings. The third kappa shape index (κ3) is 3.57. The smallest absolute Gasteiger partial charge is 0.336 e. The van der Waals surface area contributed by atoms with Gasteiger partial charge in [0, 0.05) is 5.92 Å². The lowest BCUT2D eigenvalue weighted by Gasteiger charge is -2.30. The van der Waals surface area contributed by atoms with Crippen LogP contribution in [0.25, 0.3) is 0 Å². The van der Waals surface area contributed by atoms with E-state index in [9.17, 15) is 15.0 Å². The maximum atomic E-state index is 11.3. The monoisotopic (exact) mass is 264 g/mol. The summed E-state index contributed by atoms with van der Waals surface area (Å²) in [6.07, 6.45) is 3.01. The number of aliphatic hydroxyl groups is 1. The number of carboxylic acid groups (broad SMARTS) is 1. The molecule has 2 unspecified atom stereocenters. The molecule has 106 valence electrons. The Morgan fingerprint density at radius 2 is 1.79 bits per heavy atom. The Morgan fingerprint density at radius 3 is 2.21 bits per heavy atom. The number of benzene rings is 1. The maximum Gasteiger partial charge on any atom is 0.336 e. The molecule has 0 aliphatic carbocycles. The average molecular weight is 264 g/mol. The van der Waals surface area contributed by atoms with Gasteiger partial charge in [-0.2, -0.15) is 0 Å². The van der Waals surface area contributed by atoms with Gasteiger partial charge in [0.1, 0.15) is 0 Å². The molecule has 3 nitrogen and oxygen atoms in total. The van der Waals surface area contributed by atoms with Crippen LogP contribution in [0.15, 0.2) is 24.3 Å². The molecule has 0 spiro atoms. The number of aryl methyl sites for hydroxylation is 1. The minimum Gasteiger partial charge on any atom is -0.479 e. The van der Waals surface area contributed by atoms with E-state index in [1.54, 1.807) is 6.92 Å². The topological polar surface area (TPSA) is 57.5 Å². The highest BCUT2D eigenvalue weighted by Crippen LogP contribution is 2.32. The summed E-state index contributed by atoms with van der Waals surface area (Å²) in [6, 6.07) is 7.89. The number of hydrogen-bond acceptors (Lipinski definition) is 2. The minimum atomic E-state index is -1.68. The maximum absolute atomic E-state index is 11.3. The van der Waals surface area contributed by atoms with Crippen LogP contribution in [0.2, 0.25) is 0 Å². The third-order valence-corrected chi connectivity index (χ3v) is 3.74. The summed E-state index contributed by atoms with van der Waals surface area (Å²) in [5, 5.41) is 19.7. The largest absolute Gasteiger partial charge is 0.479 e. The lowest BCUT2D eigenvalue weighted by atomic mass is 9.80. The minimum absolute atomic E-state index is 0.264. The van der Waals surface area contributed by atoms with Crippen molar-refractivity contribution < 1.29 is 15.0 Å². The van der Waals surface area contributed by atoms with Gasteiger partial charge in [0.05, 0.1) is 0 Å². The van der Waals surface area contributed by atoms with Crippen LogP contribution in [-0.2, 0) is 11.2 Å². The van der Waals surface area contributed by atoms with E-state index < -0.39 is 17.5 Å². The van der Waals surface area contributed by atoms with Crippen LogP contribution in [-0.4, -0.2) is 21.8 Å². The van der Waals surface area contributed by atoms with Gasteiger partial charge >= 0.3 is 5.97 Å². The Bertz CT molecular complexity index is 411. The lowest BCUT2D eigenvalue weighted by Crippen LogP contribution is -2.43. The van der Waals surface area contributed by atoms with Crippen LogP contribution in [0.4, 0.5) is 0 Å². The fourth-order valence-corrected chi connectivity index (χ4v) is 2.43. The van der Waals surface area contributed by atoms with E-state index in [2.05, 4.69) is 6.92 Å². The van der Waals surface area contributed by atoms with Crippen LogP contribution in [0.5, 0.6) is 0 Å². The second-order valence-electron chi connectivity index (χ2n) is 5.19. The number of carboxylic acids is 1. The molecule has 0 saturated carbocycles. The number of hydrogen-bond donors (Lipinski definition) is 2. The summed E-state index contributed by atoms with van der Waals surface area (Å²) >= 11 is 0. The molecular formula is C16H24O3. The molecule has 19 heavy (non-hydrogen) atoms. The van der Waals surface area contributed by atoms with E-state index >= 15 is 0 Å². The molecule has 1 aromatic carbocycles. The first kappa shape index (κ1) is 15.7. The Hall–Kier alpha value is -1.35. The summed E-state index contributed by atoms with van der Waals surface area (Å²) < 4.78 is 0. The van der Waals surface area contributed by atoms with E-state index in [1.165, 1.54) is 5.56 Å². The van der Waals surface area contributed by atoms with Crippen molar-refractivity contribution in [2.24, 2.45) is 0 Å². The van der Waals surface area contributed by atoms with Gasteiger partial charge in [-0.1, -0.05) is 57.9 Å². The van der Waals surface area contributed by atoms with E-state index in [0.29, 0.717) is 6.42 Å². The second-order valence-corrected chi connectivity index (χ2v) is 5.19. The molecule has 1 aromatic rings. The molecule has 0 aromatic heterocycles. The van der Waals surface area contributed by atoms with Crippen molar-refractivity contribution in [3.05, 3.63) is 35.4 Å². The number of aliphatic carboxylic acids is 1. The summed E-state index contributed by atoms with van der Waals surface area (Å²) in [6.45, 7) is 5.78. The van der Waals surface area contributed by atoms with E-state index in [0.717, 1.165) is 18.4 Å². The van der Waals surface area contributed by atoms with E-state index in [4.69, 9.17) is 0 Å². The van der Waals surface area contributed by atoms with Gasteiger partial charge < -0.3 is 10.2 Å². The van der Waals surface area contributed by atoms with Crippen molar-refractivity contribution in [3.8, 4) is 0 Å². The van der Waals surface area contributed by atoms with Crippen LogP contribution >= 0.6 is 0 Å². The molecule has 2 atom stereocenters. The normalized spacial score (nSPS) is 15.8. The standard InChI is InChI=1S/C16H24O3/c1-4-6-13-7-9-14(10-8-13)12(3)16(19,11-5-2)15(17)18/h7-10,12,19H,4-6,11H2,1-3H3,(H,17,18). The van der Waals surface area contributed by atoms with Gasteiger partial charge in [-0.05, 0) is 24.0 Å². The fourth-order valence-electron chi connectivity index (χ4n) is 2.43. The van der Waals surface area contributed by atoms with Gasteiger partial charge in [0.2, 0.25) is 0 Å². The number of rotatable bonds is 7. The summed E-state index contributed by atoms with van der Waals surface area (Å²) in [7, 11) is 0. The van der Waals surface area contributed by atoms with Gasteiger partial charge in [-0.15, -0.1) is 0 Å². The highest BCUT2D eigenvalue weighted by atomic mass is 16.4. The summed E-state index contributed by atoms with van der Waals surface area (Å²) in [5.41, 5.74) is 0.437. The molecule has 0 amide bonds. The van der Waals surface area contributed by atoms with Crippen molar-refractivity contribution in [1.29, 1.82) is 0 Å². The van der Waals surface area contributed by atoms with Crippen molar-refractivity contribution >= 4 is 5.97 Å². The van der Waals surface area contributed by atoms with Crippen molar-refractivity contribution in [1.82, 2.24) is 0 Å².